The molecule has 1 aromatic heterocycles. The summed E-state index contributed by atoms with van der Waals surface area (Å²) in [5.74, 6) is -0.811. The van der Waals surface area contributed by atoms with Crippen molar-refractivity contribution in [2.24, 2.45) is 5.10 Å². The number of hydrogen-bond acceptors (Lipinski definition) is 3. The number of H-pyrrole nitrogens is 1. The highest BCUT2D eigenvalue weighted by Gasteiger charge is 2.10. The number of amides is 1. The maximum atomic E-state index is 12.9. The van der Waals surface area contributed by atoms with Crippen LogP contribution in [0.25, 0.3) is 11.3 Å². The maximum Gasteiger partial charge on any atom is 0.289 e. The van der Waals surface area contributed by atoms with E-state index in [1.165, 1.54) is 18.3 Å². The van der Waals surface area contributed by atoms with E-state index in [0.717, 1.165) is 0 Å². The summed E-state index contributed by atoms with van der Waals surface area (Å²) in [7, 11) is 0. The van der Waals surface area contributed by atoms with Crippen LogP contribution in [0.1, 0.15) is 16.1 Å². The summed E-state index contributed by atoms with van der Waals surface area (Å²) < 4.78 is 12.9. The monoisotopic (exact) mass is 376 g/mol. The molecule has 3 rings (SSSR count). The number of nitrogens with zero attached hydrogens (tertiary/aromatic N) is 2. The van der Waals surface area contributed by atoms with E-state index < -0.39 is 5.91 Å². The summed E-state index contributed by atoms with van der Waals surface area (Å²) >= 11 is 11.8. The van der Waals surface area contributed by atoms with Gasteiger partial charge in [0.2, 0.25) is 0 Å². The molecule has 0 saturated heterocycles. The van der Waals surface area contributed by atoms with E-state index >= 15 is 0 Å². The number of nitrogens with one attached hydrogen (secondary N) is 2. The lowest BCUT2D eigenvalue weighted by Gasteiger charge is -1.99. The van der Waals surface area contributed by atoms with Gasteiger partial charge in [-0.05, 0) is 42.5 Å². The van der Waals surface area contributed by atoms with E-state index in [0.29, 0.717) is 26.9 Å². The number of benzene rings is 2. The molecule has 0 bridgehead atoms. The van der Waals surface area contributed by atoms with Crippen LogP contribution in [0.5, 0.6) is 0 Å². The second-order valence-electron chi connectivity index (χ2n) is 5.04. The van der Waals surface area contributed by atoms with Gasteiger partial charge in [0.05, 0.1) is 16.9 Å². The third-order valence-electron chi connectivity index (χ3n) is 3.29. The molecule has 0 aliphatic heterocycles. The zero-order chi connectivity index (χ0) is 17.8. The van der Waals surface area contributed by atoms with Gasteiger partial charge in [-0.1, -0.05) is 29.3 Å². The Balaban J connectivity index is 1.67. The summed E-state index contributed by atoms with van der Waals surface area (Å²) in [6.07, 6.45) is 1.41. The molecule has 0 atom stereocenters. The summed E-state index contributed by atoms with van der Waals surface area (Å²) in [5, 5.41) is 11.4. The highest BCUT2D eigenvalue weighted by molar-refractivity contribution is 6.36. The van der Waals surface area contributed by atoms with E-state index in [4.69, 9.17) is 23.2 Å². The lowest BCUT2D eigenvalue weighted by Crippen LogP contribution is -2.18. The quantitative estimate of drug-likeness (QED) is 0.526. The molecule has 2 N–H and O–H groups in total. The molecule has 0 radical (unpaired) electrons. The lowest BCUT2D eigenvalue weighted by molar-refractivity contribution is 0.0950. The number of carbonyl (C=O) groups is 1. The van der Waals surface area contributed by atoms with Crippen LogP contribution in [0.4, 0.5) is 4.39 Å². The van der Waals surface area contributed by atoms with Crippen molar-refractivity contribution in [1.29, 1.82) is 0 Å². The molecule has 0 aliphatic rings. The predicted molar refractivity (Wildman–Crippen MR) is 95.5 cm³/mol. The van der Waals surface area contributed by atoms with Gasteiger partial charge in [0.1, 0.15) is 11.5 Å². The topological polar surface area (TPSA) is 70.1 Å². The minimum absolute atomic E-state index is 0.221. The van der Waals surface area contributed by atoms with Crippen molar-refractivity contribution >= 4 is 35.3 Å². The van der Waals surface area contributed by atoms with Crippen molar-refractivity contribution in [1.82, 2.24) is 15.6 Å². The van der Waals surface area contributed by atoms with Crippen LogP contribution in [-0.4, -0.2) is 22.3 Å². The SMILES string of the molecule is O=C(N/N=C\c1ccc(Cl)cc1Cl)c1cc(-c2ccc(F)cc2)n[nH]1. The summed E-state index contributed by atoms with van der Waals surface area (Å²) in [4.78, 5) is 12.1. The molecular weight excluding hydrogens is 366 g/mol. The Bertz CT molecular complexity index is 938. The smallest absolute Gasteiger partial charge is 0.272 e. The molecule has 0 aliphatic carbocycles. The van der Waals surface area contributed by atoms with E-state index in [9.17, 15) is 9.18 Å². The minimum atomic E-state index is -0.470. The number of halogens is 3. The van der Waals surface area contributed by atoms with Crippen molar-refractivity contribution in [3.05, 3.63) is 75.7 Å². The van der Waals surface area contributed by atoms with Crippen molar-refractivity contribution in [2.75, 3.05) is 0 Å². The molecular formula is C17H11Cl2FN4O. The molecule has 25 heavy (non-hydrogen) atoms. The van der Waals surface area contributed by atoms with Crippen LogP contribution in [0, 0.1) is 5.82 Å². The summed E-state index contributed by atoms with van der Waals surface area (Å²) in [6.45, 7) is 0. The van der Waals surface area contributed by atoms with Crippen molar-refractivity contribution in [3.63, 3.8) is 0 Å². The van der Waals surface area contributed by atoms with Gasteiger partial charge in [0.15, 0.2) is 0 Å². The van der Waals surface area contributed by atoms with Crippen LogP contribution >= 0.6 is 23.2 Å². The van der Waals surface area contributed by atoms with Crippen LogP contribution in [-0.2, 0) is 0 Å². The van der Waals surface area contributed by atoms with Crippen molar-refractivity contribution in [3.8, 4) is 11.3 Å². The Morgan fingerprint density at radius 2 is 1.92 bits per heavy atom. The average molecular weight is 377 g/mol. The number of carbonyl (C=O) groups excluding carboxylic acids is 1. The van der Waals surface area contributed by atoms with Gasteiger partial charge >= 0.3 is 0 Å². The van der Waals surface area contributed by atoms with Crippen molar-refractivity contribution < 1.29 is 9.18 Å². The second kappa shape index (κ2) is 7.46. The number of hydrogen-bond donors (Lipinski definition) is 2. The highest BCUT2D eigenvalue weighted by atomic mass is 35.5. The molecule has 8 heteroatoms. The average Bonchev–Trinajstić information content (AvgIpc) is 3.07. The lowest BCUT2D eigenvalue weighted by atomic mass is 10.1. The first-order chi connectivity index (χ1) is 12.0. The molecule has 1 amide bonds. The Labute approximate surface area is 152 Å². The number of aromatic amines is 1. The molecule has 0 unspecified atom stereocenters. The number of aromatic nitrogens is 2. The first-order valence-corrected chi connectivity index (χ1v) is 7.88. The highest BCUT2D eigenvalue weighted by Crippen LogP contribution is 2.20. The van der Waals surface area contributed by atoms with Crippen LogP contribution in [0.2, 0.25) is 10.0 Å². The predicted octanol–water partition coefficient (Wildman–Crippen LogP) is 4.29. The molecule has 3 aromatic rings. The Kier molecular flexibility index (Phi) is 5.11. The van der Waals surface area contributed by atoms with Gasteiger partial charge in [-0.2, -0.15) is 10.2 Å². The van der Waals surface area contributed by atoms with Gasteiger partial charge in [-0.15, -0.1) is 0 Å². The van der Waals surface area contributed by atoms with Crippen LogP contribution in [0.15, 0.2) is 53.6 Å². The fourth-order valence-electron chi connectivity index (χ4n) is 2.03. The van der Waals surface area contributed by atoms with Crippen LogP contribution < -0.4 is 5.43 Å². The Hall–Kier alpha value is -2.70. The van der Waals surface area contributed by atoms with E-state index in [1.54, 1.807) is 36.4 Å². The normalized spacial score (nSPS) is 11.0. The van der Waals surface area contributed by atoms with Gasteiger partial charge in [0.25, 0.3) is 5.91 Å². The van der Waals surface area contributed by atoms with Gasteiger partial charge < -0.3 is 0 Å². The van der Waals surface area contributed by atoms with Crippen LogP contribution in [0.3, 0.4) is 0 Å². The third kappa shape index (κ3) is 4.23. The standard InChI is InChI=1S/C17H11Cl2FN4O/c18-12-4-1-11(14(19)7-12)9-21-24-17(25)16-8-15(22-23-16)10-2-5-13(20)6-3-10/h1-9H,(H,22,23)(H,24,25)/b21-9-. The minimum Gasteiger partial charge on any atom is -0.272 e. The van der Waals surface area contributed by atoms with Gasteiger partial charge in [0, 0.05) is 16.1 Å². The fraction of sp³-hybridized carbons (Fsp3) is 0. The third-order valence-corrected chi connectivity index (χ3v) is 3.86. The van der Waals surface area contributed by atoms with Gasteiger partial charge in [-0.3, -0.25) is 9.89 Å². The molecule has 1 heterocycles. The molecule has 126 valence electrons. The van der Waals surface area contributed by atoms with E-state index in [2.05, 4.69) is 20.7 Å². The van der Waals surface area contributed by atoms with Gasteiger partial charge in [-0.25, -0.2) is 9.82 Å². The zero-order valence-electron chi connectivity index (χ0n) is 12.6. The van der Waals surface area contributed by atoms with E-state index in [-0.39, 0.29) is 11.5 Å². The Morgan fingerprint density at radius 3 is 2.64 bits per heavy atom. The molecule has 0 spiro atoms. The zero-order valence-corrected chi connectivity index (χ0v) is 14.1. The number of hydrazone groups is 1. The summed E-state index contributed by atoms with van der Waals surface area (Å²) in [6, 6.07) is 12.3. The summed E-state index contributed by atoms with van der Waals surface area (Å²) in [5.41, 5.74) is 4.42. The van der Waals surface area contributed by atoms with E-state index in [1.807, 2.05) is 0 Å². The molecule has 0 fully saturated rings. The largest absolute Gasteiger partial charge is 0.289 e. The molecule has 5 nitrogen and oxygen atoms in total. The maximum absolute atomic E-state index is 12.9. The fourth-order valence-corrected chi connectivity index (χ4v) is 2.49. The number of rotatable bonds is 4. The molecule has 0 saturated carbocycles. The first kappa shape index (κ1) is 17.1. The van der Waals surface area contributed by atoms with Crippen molar-refractivity contribution in [2.45, 2.75) is 0 Å². The first-order valence-electron chi connectivity index (χ1n) is 7.13. The second-order valence-corrected chi connectivity index (χ2v) is 5.88. The molecule has 2 aromatic carbocycles. The Morgan fingerprint density at radius 1 is 1.16 bits per heavy atom.